The van der Waals surface area contributed by atoms with Crippen molar-refractivity contribution in [3.63, 3.8) is 0 Å². The summed E-state index contributed by atoms with van der Waals surface area (Å²) in [6, 6.07) is 96.4. The number of anilines is 2. The summed E-state index contributed by atoms with van der Waals surface area (Å²) in [5.74, 6) is 1.75. The van der Waals surface area contributed by atoms with E-state index in [4.69, 9.17) is 28.4 Å². The zero-order chi connectivity index (χ0) is 72.4. The summed E-state index contributed by atoms with van der Waals surface area (Å²) in [4.78, 5) is 4.54. The molecule has 0 amide bonds. The third kappa shape index (κ3) is 8.82. The maximum atomic E-state index is 7.82. The van der Waals surface area contributed by atoms with Gasteiger partial charge >= 0.3 is 0 Å². The number of benzene rings is 14. The molecule has 9 heteroatoms. The molecule has 10 aliphatic rings. The van der Waals surface area contributed by atoms with Gasteiger partial charge < -0.3 is 43.7 Å². The summed E-state index contributed by atoms with van der Waals surface area (Å²) in [6.45, 7) is 8.84. The molecule has 9 nitrogen and oxygen atoms in total. The fourth-order valence-electron chi connectivity index (χ4n) is 21.4. The number of methoxy groups -OCH3 is 1. The Morgan fingerprint density at radius 2 is 0.848 bits per heavy atom. The Labute approximate surface area is 654 Å². The smallest absolute Gasteiger partial charge is 0.223 e. The standard InChI is InChI=1S/C53H41NO4.C48H35NO2.2CH4.H2O/c1-32-14-20-37-40(30-32)50-39(22-23-51(58-50,34-8-4-3-5-9-34)35-16-18-36(19-17-35)54-24-26-55-27-25-54)49-46(37)38-21-15-33(2)31-45(38)52(49)41-10-6-12-43-47(41)48-42(52)11-7-13-44(48)53(43)56-28-29-57-53;1-49(2)33-21-19-32(20-22-33)47(31-13-5-4-6-14-31)26-25-37-45-44(35-24-23-34(50-3)28-38(35)46(37)51-47)36-15-7-8-16-39(36)48(45)40-17-9-11-29-27-30-12-10-18-41(48)43(30)42(29)40;;;/h3-23,30-31H,24-29H2,1-2H3;4-26,28H,27H2,1-3H3;2*1H4;1H2. The average molecular weight is 1460 g/mol. The minimum Gasteiger partial charge on any atom is -0.497 e. The molecule has 112 heavy (non-hydrogen) atoms. The van der Waals surface area contributed by atoms with Gasteiger partial charge in [-0.1, -0.05) is 250 Å². The van der Waals surface area contributed by atoms with Gasteiger partial charge in [0, 0.05) is 93.8 Å². The number of aryl methyl sites for hydroxylation is 2. The van der Waals surface area contributed by atoms with E-state index in [0.717, 1.165) is 111 Å². The van der Waals surface area contributed by atoms with E-state index in [-0.39, 0.29) is 20.3 Å². The third-order valence-corrected chi connectivity index (χ3v) is 25.9. The lowest BCUT2D eigenvalue weighted by Gasteiger charge is -2.40. The van der Waals surface area contributed by atoms with E-state index in [1.54, 1.807) is 7.11 Å². The van der Waals surface area contributed by atoms with Gasteiger partial charge in [0.25, 0.3) is 0 Å². The summed E-state index contributed by atoms with van der Waals surface area (Å²) in [6.07, 6.45) is 10.4. The average Bonchev–Trinajstić information content (AvgIpc) is 1.48. The number of rotatable bonds is 7. The highest BCUT2D eigenvalue weighted by molar-refractivity contribution is 6.14. The van der Waals surface area contributed by atoms with Gasteiger partial charge in [0.1, 0.15) is 17.2 Å². The van der Waals surface area contributed by atoms with Gasteiger partial charge in [0.05, 0.1) is 44.4 Å². The molecule has 2 N–H and O–H groups in total. The SMILES string of the molecule is C.C.COc1ccc2c3c(c4c(c2c1)OC(c1ccccc1)(c1ccc(N(C)C)cc1)C=C4)C1(c2ccccc2-3)c2cccc3c2-c2c(cccc21)C3.Cc1ccc2c(c1)C1(c3cccc4c3-c3c(cccc31)C41OCCO1)c1c3c(c4cc(C)ccc4c1-2)OC(c1ccccc1)(c1ccc(N2CCOCC2)cc1)C=C3.O. The highest BCUT2D eigenvalue weighted by Crippen LogP contribution is 2.73. The highest BCUT2D eigenvalue weighted by Gasteiger charge is 2.62. The Hall–Kier alpha value is -12.1. The topological polar surface area (TPSA) is 93.4 Å². The molecule has 3 spiro atoms. The maximum absolute atomic E-state index is 7.82. The summed E-state index contributed by atoms with van der Waals surface area (Å²) in [5, 5.41) is 4.57. The van der Waals surface area contributed by atoms with E-state index >= 15 is 0 Å². The van der Waals surface area contributed by atoms with Crippen LogP contribution in [0.15, 0.2) is 273 Å². The third-order valence-electron chi connectivity index (χ3n) is 25.9. The monoisotopic (exact) mass is 1460 g/mol. The minimum absolute atomic E-state index is 0. The van der Waals surface area contributed by atoms with Gasteiger partial charge in [-0.3, -0.25) is 0 Å². The first-order valence-corrected chi connectivity index (χ1v) is 38.5. The summed E-state index contributed by atoms with van der Waals surface area (Å²) >= 11 is 0. The molecule has 2 atom stereocenters. The molecule has 2 unspecified atom stereocenters. The van der Waals surface area contributed by atoms with Crippen molar-refractivity contribution < 1.29 is 33.9 Å². The van der Waals surface area contributed by atoms with Gasteiger partial charge in [-0.2, -0.15) is 0 Å². The molecule has 2 fully saturated rings. The predicted octanol–water partition coefficient (Wildman–Crippen LogP) is 21.5. The molecule has 24 rings (SSSR count). The molecule has 0 radical (unpaired) electrons. The molecule has 550 valence electrons. The van der Waals surface area contributed by atoms with E-state index in [1.165, 1.54) is 128 Å². The van der Waals surface area contributed by atoms with Crippen molar-refractivity contribution in [3.8, 4) is 61.8 Å². The van der Waals surface area contributed by atoms with Gasteiger partial charge in [-0.25, -0.2) is 0 Å². The van der Waals surface area contributed by atoms with Crippen molar-refractivity contribution in [3.05, 3.63) is 384 Å². The molecule has 0 saturated carbocycles. The van der Waals surface area contributed by atoms with Gasteiger partial charge in [-0.05, 0) is 192 Å². The Kier molecular flexibility index (Phi) is 15.4. The van der Waals surface area contributed by atoms with Crippen LogP contribution < -0.4 is 24.0 Å². The van der Waals surface area contributed by atoms with Gasteiger partial charge in [0.15, 0.2) is 11.2 Å². The molecule has 14 aromatic rings. The number of ether oxygens (including phenoxy) is 6. The second-order valence-corrected chi connectivity index (χ2v) is 31.3. The molecule has 4 heterocycles. The fraction of sp³-hybridized carbons (Fsp3) is 0.184. The molecular formula is C103H86N2O7. The quantitative estimate of drug-likeness (QED) is 0.156. The number of hydrogen-bond donors (Lipinski definition) is 0. The summed E-state index contributed by atoms with van der Waals surface area (Å²) in [5.41, 5.74) is 34.8. The van der Waals surface area contributed by atoms with Crippen LogP contribution in [0.25, 0.3) is 78.2 Å². The lowest BCUT2D eigenvalue weighted by molar-refractivity contribution is -0.126. The fourth-order valence-corrected chi connectivity index (χ4v) is 21.4. The number of morpholine rings is 1. The normalized spacial score (nSPS) is 18.7. The lowest BCUT2D eigenvalue weighted by atomic mass is 9.67. The van der Waals surface area contributed by atoms with Crippen molar-refractivity contribution in [2.75, 3.05) is 70.5 Å². The van der Waals surface area contributed by atoms with Crippen LogP contribution in [0.3, 0.4) is 0 Å². The van der Waals surface area contributed by atoms with Crippen LogP contribution in [0.5, 0.6) is 17.2 Å². The number of hydrogen-bond acceptors (Lipinski definition) is 8. The molecule has 4 aliphatic heterocycles. The predicted molar refractivity (Wildman–Crippen MR) is 453 cm³/mol. The van der Waals surface area contributed by atoms with Gasteiger partial charge in [-0.15, -0.1) is 0 Å². The molecule has 0 aromatic heterocycles. The van der Waals surface area contributed by atoms with Gasteiger partial charge in [0.2, 0.25) is 5.79 Å². The van der Waals surface area contributed by atoms with Crippen molar-refractivity contribution in [2.24, 2.45) is 0 Å². The maximum Gasteiger partial charge on any atom is 0.223 e. The van der Waals surface area contributed by atoms with E-state index in [0.29, 0.717) is 13.2 Å². The van der Waals surface area contributed by atoms with Crippen LogP contribution in [0.2, 0.25) is 0 Å². The number of nitrogens with zero attached hydrogens (tertiary/aromatic N) is 2. The summed E-state index contributed by atoms with van der Waals surface area (Å²) < 4.78 is 40.3. The minimum atomic E-state index is -0.870. The zero-order valence-electron chi connectivity index (χ0n) is 61.9. The first-order valence-electron chi connectivity index (χ1n) is 38.5. The van der Waals surface area contributed by atoms with Crippen LogP contribution >= 0.6 is 0 Å². The molecule has 6 aliphatic carbocycles. The van der Waals surface area contributed by atoms with Crippen molar-refractivity contribution in [1.29, 1.82) is 0 Å². The molecule has 0 bridgehead atoms. The first-order chi connectivity index (χ1) is 53.6. The molecule has 14 aromatic carbocycles. The van der Waals surface area contributed by atoms with Crippen molar-refractivity contribution in [1.82, 2.24) is 0 Å². The Bertz CT molecular complexity index is 6260. The van der Waals surface area contributed by atoms with E-state index in [9.17, 15) is 0 Å². The zero-order valence-corrected chi connectivity index (χ0v) is 61.9. The second kappa shape index (κ2) is 25.0. The van der Waals surface area contributed by atoms with Crippen molar-refractivity contribution in [2.45, 2.75) is 62.9 Å². The van der Waals surface area contributed by atoms with Crippen LogP contribution in [-0.2, 0) is 48.5 Å². The lowest BCUT2D eigenvalue weighted by Crippen LogP contribution is -2.37. The van der Waals surface area contributed by atoms with E-state index in [1.807, 2.05) is 0 Å². The summed E-state index contributed by atoms with van der Waals surface area (Å²) in [7, 11) is 5.90. The van der Waals surface area contributed by atoms with Crippen LogP contribution in [0, 0.1) is 13.8 Å². The van der Waals surface area contributed by atoms with E-state index < -0.39 is 27.8 Å². The van der Waals surface area contributed by atoms with Crippen LogP contribution in [0.1, 0.15) is 126 Å². The Morgan fingerprint density at radius 1 is 0.393 bits per heavy atom. The second-order valence-electron chi connectivity index (χ2n) is 31.3. The van der Waals surface area contributed by atoms with Crippen molar-refractivity contribution >= 4 is 45.1 Å². The largest absolute Gasteiger partial charge is 0.497 e. The first kappa shape index (κ1) is 69.1. The highest BCUT2D eigenvalue weighted by atomic mass is 16.7. The van der Waals surface area contributed by atoms with E-state index in [2.05, 4.69) is 323 Å². The Morgan fingerprint density at radius 3 is 1.41 bits per heavy atom. The van der Waals surface area contributed by atoms with Crippen LogP contribution in [-0.4, -0.2) is 66.2 Å². The molecular weight excluding hydrogens is 1380 g/mol. The molecule has 2 saturated heterocycles. The Balaban J connectivity index is 0.000000143. The number of fused-ring (bicyclic) bond motifs is 26. The van der Waals surface area contributed by atoms with Crippen LogP contribution in [0.4, 0.5) is 11.4 Å².